The van der Waals surface area contributed by atoms with Gasteiger partial charge in [-0.3, -0.25) is 0 Å². The Kier molecular flexibility index (Phi) is 1.73. The van der Waals surface area contributed by atoms with Crippen LogP contribution in [0.2, 0.25) is 0 Å². The van der Waals surface area contributed by atoms with Gasteiger partial charge in [0.15, 0.2) is 0 Å². The van der Waals surface area contributed by atoms with E-state index in [2.05, 4.69) is 50.0 Å². The maximum atomic E-state index is 5.84. The molecule has 1 aliphatic rings. The average molecular weight is 213 g/mol. The molecule has 16 heavy (non-hydrogen) atoms. The van der Waals surface area contributed by atoms with Gasteiger partial charge in [0.1, 0.15) is 5.76 Å². The summed E-state index contributed by atoms with van der Waals surface area (Å²) in [4.78, 5) is 3.11. The molecule has 2 aromatic rings. The van der Waals surface area contributed by atoms with E-state index in [1.54, 1.807) is 0 Å². The molecule has 0 radical (unpaired) electrons. The molecule has 2 heterocycles. The minimum atomic E-state index is 0.0915. The standard InChI is InChI=1S/C14H15NO/c1-9-8-14(2,3)6-4-10-11-5-7-15-13(11)16-12(9)10/h4-8,15H,1-3H3. The van der Waals surface area contributed by atoms with Crippen molar-refractivity contribution in [2.45, 2.75) is 20.8 Å². The second-order valence-corrected chi connectivity index (χ2v) is 5.05. The van der Waals surface area contributed by atoms with Crippen LogP contribution in [0.5, 0.6) is 0 Å². The van der Waals surface area contributed by atoms with Crippen molar-refractivity contribution in [3.8, 4) is 0 Å². The van der Waals surface area contributed by atoms with Gasteiger partial charge in [-0.1, -0.05) is 32.1 Å². The van der Waals surface area contributed by atoms with Crippen LogP contribution in [0.25, 0.3) is 22.7 Å². The first-order valence-corrected chi connectivity index (χ1v) is 5.56. The number of furan rings is 1. The van der Waals surface area contributed by atoms with Crippen LogP contribution in [-0.2, 0) is 0 Å². The molecular weight excluding hydrogens is 198 g/mol. The highest BCUT2D eigenvalue weighted by Gasteiger charge is 2.21. The van der Waals surface area contributed by atoms with E-state index in [0.717, 1.165) is 16.9 Å². The lowest BCUT2D eigenvalue weighted by atomic mass is 9.91. The number of nitrogens with one attached hydrogen (secondary N) is 1. The molecule has 0 amide bonds. The minimum Gasteiger partial charge on any atom is -0.439 e. The number of aromatic amines is 1. The topological polar surface area (TPSA) is 28.9 Å². The fourth-order valence-electron chi connectivity index (χ4n) is 2.36. The van der Waals surface area contributed by atoms with Crippen LogP contribution in [0.3, 0.4) is 0 Å². The molecule has 1 N–H and O–H groups in total. The molecule has 0 bridgehead atoms. The number of aromatic nitrogens is 1. The summed E-state index contributed by atoms with van der Waals surface area (Å²) in [7, 11) is 0. The van der Waals surface area contributed by atoms with Gasteiger partial charge in [-0.2, -0.15) is 0 Å². The van der Waals surface area contributed by atoms with Crippen molar-refractivity contribution in [2.75, 3.05) is 0 Å². The van der Waals surface area contributed by atoms with Gasteiger partial charge < -0.3 is 9.40 Å². The predicted molar refractivity (Wildman–Crippen MR) is 67.0 cm³/mol. The van der Waals surface area contributed by atoms with Gasteiger partial charge >= 0.3 is 0 Å². The molecule has 0 fully saturated rings. The van der Waals surface area contributed by atoms with Crippen LogP contribution in [-0.4, -0.2) is 4.98 Å². The summed E-state index contributed by atoms with van der Waals surface area (Å²) in [5.74, 6) is 0.990. The van der Waals surface area contributed by atoms with E-state index in [0.29, 0.717) is 0 Å². The highest BCUT2D eigenvalue weighted by molar-refractivity contribution is 5.92. The van der Waals surface area contributed by atoms with Crippen LogP contribution >= 0.6 is 0 Å². The number of hydrogen-bond acceptors (Lipinski definition) is 1. The maximum absolute atomic E-state index is 5.84. The Morgan fingerprint density at radius 1 is 1.31 bits per heavy atom. The van der Waals surface area contributed by atoms with Crippen molar-refractivity contribution in [3.63, 3.8) is 0 Å². The van der Waals surface area contributed by atoms with E-state index in [-0.39, 0.29) is 5.41 Å². The third kappa shape index (κ3) is 1.26. The molecule has 2 heteroatoms. The SMILES string of the molecule is CC1=CC(C)(C)C=Cc2c1oc1[nH]ccc21. The number of fused-ring (bicyclic) bond motifs is 3. The summed E-state index contributed by atoms with van der Waals surface area (Å²) < 4.78 is 5.84. The molecule has 2 aromatic heterocycles. The van der Waals surface area contributed by atoms with Gasteiger partial charge in [0, 0.05) is 22.6 Å². The van der Waals surface area contributed by atoms with Gasteiger partial charge in [-0.25, -0.2) is 0 Å². The number of rotatable bonds is 0. The van der Waals surface area contributed by atoms with E-state index in [9.17, 15) is 0 Å². The zero-order chi connectivity index (χ0) is 11.3. The average Bonchev–Trinajstić information content (AvgIpc) is 2.70. The quantitative estimate of drug-likeness (QED) is 0.697. The summed E-state index contributed by atoms with van der Waals surface area (Å²) in [5.41, 5.74) is 3.35. The second-order valence-electron chi connectivity index (χ2n) is 5.05. The molecule has 0 unspecified atom stereocenters. The lowest BCUT2D eigenvalue weighted by molar-refractivity contribution is 0.584. The van der Waals surface area contributed by atoms with Crippen molar-refractivity contribution in [3.05, 3.63) is 35.7 Å². The second kappa shape index (κ2) is 2.91. The fourth-order valence-corrected chi connectivity index (χ4v) is 2.36. The van der Waals surface area contributed by atoms with E-state index in [1.165, 1.54) is 11.1 Å². The number of H-pyrrole nitrogens is 1. The molecule has 0 saturated heterocycles. The smallest absolute Gasteiger partial charge is 0.205 e. The van der Waals surface area contributed by atoms with Gasteiger partial charge in [0.05, 0.1) is 0 Å². The molecule has 0 aliphatic heterocycles. The van der Waals surface area contributed by atoms with E-state index >= 15 is 0 Å². The van der Waals surface area contributed by atoms with Crippen molar-refractivity contribution in [1.29, 1.82) is 0 Å². The summed E-state index contributed by atoms with van der Waals surface area (Å²) in [6.45, 7) is 6.51. The zero-order valence-electron chi connectivity index (χ0n) is 9.79. The van der Waals surface area contributed by atoms with Crippen LogP contribution in [0.1, 0.15) is 32.1 Å². The summed E-state index contributed by atoms with van der Waals surface area (Å²) in [5, 5.41) is 1.16. The molecule has 1 aliphatic carbocycles. The molecule has 0 aromatic carbocycles. The predicted octanol–water partition coefficient (Wildman–Crippen LogP) is 4.22. The normalized spacial score (nSPS) is 18.3. The Balaban J connectivity index is 2.33. The van der Waals surface area contributed by atoms with Crippen LogP contribution in [0.4, 0.5) is 0 Å². The largest absolute Gasteiger partial charge is 0.439 e. The molecule has 3 rings (SSSR count). The van der Waals surface area contributed by atoms with Crippen molar-refractivity contribution in [2.24, 2.45) is 5.41 Å². The molecule has 0 saturated carbocycles. The van der Waals surface area contributed by atoms with Crippen LogP contribution in [0, 0.1) is 5.41 Å². The Hall–Kier alpha value is -1.70. The summed E-state index contributed by atoms with van der Waals surface area (Å²) >= 11 is 0. The summed E-state index contributed by atoms with van der Waals surface area (Å²) in [6.07, 6.45) is 8.56. The van der Waals surface area contributed by atoms with Crippen molar-refractivity contribution < 1.29 is 4.42 Å². The Labute approximate surface area is 94.7 Å². The lowest BCUT2D eigenvalue weighted by Crippen LogP contribution is -2.01. The van der Waals surface area contributed by atoms with Gasteiger partial charge in [0.25, 0.3) is 0 Å². The zero-order valence-corrected chi connectivity index (χ0v) is 9.79. The first kappa shape index (κ1) is 9.52. The molecule has 0 atom stereocenters. The van der Waals surface area contributed by atoms with Gasteiger partial charge in [-0.05, 0) is 18.6 Å². The summed E-state index contributed by atoms with van der Waals surface area (Å²) in [6, 6.07) is 2.06. The van der Waals surface area contributed by atoms with E-state index in [4.69, 9.17) is 4.42 Å². The maximum Gasteiger partial charge on any atom is 0.205 e. The monoisotopic (exact) mass is 213 g/mol. The van der Waals surface area contributed by atoms with Gasteiger partial charge in [0.2, 0.25) is 5.71 Å². The van der Waals surface area contributed by atoms with Crippen molar-refractivity contribution in [1.82, 2.24) is 4.98 Å². The third-order valence-corrected chi connectivity index (χ3v) is 3.07. The molecular formula is C14H15NO. The molecule has 2 nitrogen and oxygen atoms in total. The highest BCUT2D eigenvalue weighted by Crippen LogP contribution is 2.37. The Morgan fingerprint density at radius 2 is 2.12 bits per heavy atom. The van der Waals surface area contributed by atoms with Crippen LogP contribution in [0.15, 0.2) is 28.8 Å². The molecule has 0 spiro atoms. The number of hydrogen-bond donors (Lipinski definition) is 1. The van der Waals surface area contributed by atoms with E-state index in [1.807, 2.05) is 6.20 Å². The lowest BCUT2D eigenvalue weighted by Gasteiger charge is -2.13. The van der Waals surface area contributed by atoms with Crippen LogP contribution < -0.4 is 0 Å². The molecule has 82 valence electrons. The first-order valence-electron chi connectivity index (χ1n) is 5.56. The fraction of sp³-hybridized carbons (Fsp3) is 0.286. The van der Waals surface area contributed by atoms with Crippen molar-refractivity contribution >= 4 is 22.7 Å². The number of allylic oxidation sites excluding steroid dienone is 3. The van der Waals surface area contributed by atoms with Gasteiger partial charge in [-0.15, -0.1) is 0 Å². The first-order chi connectivity index (χ1) is 7.57. The minimum absolute atomic E-state index is 0.0915. The Bertz CT molecular complexity index is 608. The highest BCUT2D eigenvalue weighted by atomic mass is 16.3. The Morgan fingerprint density at radius 3 is 2.94 bits per heavy atom. The van der Waals surface area contributed by atoms with E-state index < -0.39 is 0 Å². The third-order valence-electron chi connectivity index (χ3n) is 3.07.